The molecule has 0 aliphatic heterocycles. The lowest BCUT2D eigenvalue weighted by Crippen LogP contribution is -2.24. The molecule has 2 rings (SSSR count). The first kappa shape index (κ1) is 14.8. The maximum Gasteiger partial charge on any atom is 0.129 e. The van der Waals surface area contributed by atoms with Gasteiger partial charge in [0.2, 0.25) is 0 Å². The van der Waals surface area contributed by atoms with Gasteiger partial charge in [-0.1, -0.05) is 36.9 Å². The molecule has 1 aromatic rings. The molecule has 0 heterocycles. The van der Waals surface area contributed by atoms with Crippen molar-refractivity contribution < 1.29 is 9.13 Å². The van der Waals surface area contributed by atoms with Gasteiger partial charge in [-0.05, 0) is 25.0 Å². The summed E-state index contributed by atoms with van der Waals surface area (Å²) in [5, 5.41) is 3.65. The van der Waals surface area contributed by atoms with Gasteiger partial charge in [0.1, 0.15) is 5.82 Å². The summed E-state index contributed by atoms with van der Waals surface area (Å²) in [5.74, 6) is -0.256. The Balaban J connectivity index is 1.63. The Morgan fingerprint density at radius 3 is 2.79 bits per heavy atom. The molecule has 1 saturated carbocycles. The average Bonchev–Trinajstić information content (AvgIpc) is 2.42. The fourth-order valence-corrected chi connectivity index (χ4v) is 2.67. The minimum atomic E-state index is -0.256. The molecule has 0 atom stereocenters. The van der Waals surface area contributed by atoms with Crippen molar-refractivity contribution in [2.24, 2.45) is 0 Å². The molecular formula is C15H21ClFNO. The van der Waals surface area contributed by atoms with Gasteiger partial charge < -0.3 is 10.1 Å². The van der Waals surface area contributed by atoms with Gasteiger partial charge in [0.05, 0.1) is 12.7 Å². The molecule has 1 N–H and O–H groups in total. The van der Waals surface area contributed by atoms with Gasteiger partial charge in [0.25, 0.3) is 0 Å². The SMILES string of the molecule is Fc1cccc(Cl)c1CNCCOC1CCCCC1. The maximum absolute atomic E-state index is 13.5. The standard InChI is InChI=1S/C15H21ClFNO/c16-14-7-4-8-15(17)13(14)11-18-9-10-19-12-5-2-1-3-6-12/h4,7-8,12,18H,1-3,5-6,9-11H2. The van der Waals surface area contributed by atoms with Gasteiger partial charge in [-0.25, -0.2) is 4.39 Å². The highest BCUT2D eigenvalue weighted by molar-refractivity contribution is 6.31. The van der Waals surface area contributed by atoms with E-state index in [0.717, 1.165) is 6.54 Å². The fourth-order valence-electron chi connectivity index (χ4n) is 2.44. The first-order chi connectivity index (χ1) is 9.27. The van der Waals surface area contributed by atoms with E-state index >= 15 is 0 Å². The van der Waals surface area contributed by atoms with Crippen LogP contribution in [0.1, 0.15) is 37.7 Å². The third-order valence-corrected chi connectivity index (χ3v) is 3.90. The van der Waals surface area contributed by atoms with E-state index in [4.69, 9.17) is 16.3 Å². The Bertz CT molecular complexity index is 373. The third-order valence-electron chi connectivity index (χ3n) is 3.55. The van der Waals surface area contributed by atoms with Crippen LogP contribution in [0, 0.1) is 5.82 Å². The van der Waals surface area contributed by atoms with Crippen LogP contribution in [0.25, 0.3) is 0 Å². The van der Waals surface area contributed by atoms with Gasteiger partial charge in [-0.2, -0.15) is 0 Å². The van der Waals surface area contributed by atoms with Crippen molar-refractivity contribution in [2.75, 3.05) is 13.2 Å². The molecule has 0 bridgehead atoms. The van der Waals surface area contributed by atoms with Crippen LogP contribution in [0.3, 0.4) is 0 Å². The predicted molar refractivity (Wildman–Crippen MR) is 75.9 cm³/mol. The maximum atomic E-state index is 13.5. The number of benzene rings is 1. The Morgan fingerprint density at radius 2 is 2.05 bits per heavy atom. The summed E-state index contributed by atoms with van der Waals surface area (Å²) in [6, 6.07) is 4.76. The van der Waals surface area contributed by atoms with Crippen LogP contribution in [0.15, 0.2) is 18.2 Å². The molecule has 1 fully saturated rings. The van der Waals surface area contributed by atoms with Crippen molar-refractivity contribution in [1.82, 2.24) is 5.32 Å². The van der Waals surface area contributed by atoms with Crippen molar-refractivity contribution >= 4 is 11.6 Å². The van der Waals surface area contributed by atoms with Crippen LogP contribution in [-0.2, 0) is 11.3 Å². The van der Waals surface area contributed by atoms with Crippen LogP contribution in [0.4, 0.5) is 4.39 Å². The largest absolute Gasteiger partial charge is 0.377 e. The molecule has 4 heteroatoms. The van der Waals surface area contributed by atoms with E-state index in [1.165, 1.54) is 38.2 Å². The van der Waals surface area contributed by atoms with Crippen molar-refractivity contribution in [3.8, 4) is 0 Å². The van der Waals surface area contributed by atoms with Crippen LogP contribution in [0.2, 0.25) is 5.02 Å². The number of halogens is 2. The summed E-state index contributed by atoms with van der Waals surface area (Å²) in [6.07, 6.45) is 6.68. The van der Waals surface area contributed by atoms with Gasteiger partial charge in [-0.15, -0.1) is 0 Å². The van der Waals surface area contributed by atoms with E-state index in [2.05, 4.69) is 5.32 Å². The van der Waals surface area contributed by atoms with Crippen molar-refractivity contribution in [1.29, 1.82) is 0 Å². The Morgan fingerprint density at radius 1 is 1.26 bits per heavy atom. The smallest absolute Gasteiger partial charge is 0.129 e. The zero-order valence-electron chi connectivity index (χ0n) is 11.1. The highest BCUT2D eigenvalue weighted by Gasteiger charge is 2.13. The molecule has 0 radical (unpaired) electrons. The average molecular weight is 286 g/mol. The number of nitrogens with one attached hydrogen (secondary N) is 1. The molecule has 1 aromatic carbocycles. The normalized spacial score (nSPS) is 16.7. The highest BCUT2D eigenvalue weighted by atomic mass is 35.5. The molecule has 0 aromatic heterocycles. The second-order valence-corrected chi connectivity index (χ2v) is 5.41. The number of rotatable bonds is 6. The minimum absolute atomic E-state index is 0.256. The first-order valence-electron chi connectivity index (χ1n) is 7.02. The van der Waals surface area contributed by atoms with E-state index in [0.29, 0.717) is 29.8 Å². The van der Waals surface area contributed by atoms with E-state index < -0.39 is 0 Å². The van der Waals surface area contributed by atoms with Crippen molar-refractivity contribution in [3.63, 3.8) is 0 Å². The molecule has 1 aliphatic carbocycles. The van der Waals surface area contributed by atoms with Gasteiger partial charge in [0, 0.05) is 23.7 Å². The van der Waals surface area contributed by atoms with E-state index in [9.17, 15) is 4.39 Å². The van der Waals surface area contributed by atoms with E-state index in [1.54, 1.807) is 12.1 Å². The summed E-state index contributed by atoms with van der Waals surface area (Å²) >= 11 is 5.95. The lowest BCUT2D eigenvalue weighted by molar-refractivity contribution is 0.0302. The van der Waals surface area contributed by atoms with Crippen molar-refractivity contribution in [3.05, 3.63) is 34.6 Å². The molecule has 106 valence electrons. The summed E-state index contributed by atoms with van der Waals surface area (Å²) in [7, 11) is 0. The van der Waals surface area contributed by atoms with E-state index in [-0.39, 0.29) is 5.82 Å². The van der Waals surface area contributed by atoms with Gasteiger partial charge in [0.15, 0.2) is 0 Å². The van der Waals surface area contributed by atoms with Crippen LogP contribution in [-0.4, -0.2) is 19.3 Å². The molecule has 2 nitrogen and oxygen atoms in total. The van der Waals surface area contributed by atoms with Crippen LogP contribution >= 0.6 is 11.6 Å². The van der Waals surface area contributed by atoms with Crippen molar-refractivity contribution in [2.45, 2.75) is 44.8 Å². The van der Waals surface area contributed by atoms with Crippen LogP contribution in [0.5, 0.6) is 0 Å². The first-order valence-corrected chi connectivity index (χ1v) is 7.40. The molecule has 0 spiro atoms. The summed E-state index contributed by atoms with van der Waals surface area (Å²) in [5.41, 5.74) is 0.529. The van der Waals surface area contributed by atoms with Crippen LogP contribution < -0.4 is 5.32 Å². The minimum Gasteiger partial charge on any atom is -0.377 e. The number of hydrogen-bond acceptors (Lipinski definition) is 2. The Hall–Kier alpha value is -0.640. The summed E-state index contributed by atoms with van der Waals surface area (Å²) < 4.78 is 19.3. The highest BCUT2D eigenvalue weighted by Crippen LogP contribution is 2.20. The zero-order valence-corrected chi connectivity index (χ0v) is 11.9. The monoisotopic (exact) mass is 285 g/mol. The predicted octanol–water partition coefficient (Wildman–Crippen LogP) is 3.92. The number of hydrogen-bond donors (Lipinski definition) is 1. The third kappa shape index (κ3) is 4.75. The molecular weight excluding hydrogens is 265 g/mol. The van der Waals surface area contributed by atoms with Gasteiger partial charge >= 0.3 is 0 Å². The van der Waals surface area contributed by atoms with E-state index in [1.807, 2.05) is 0 Å². The zero-order chi connectivity index (χ0) is 13.5. The molecule has 0 amide bonds. The lowest BCUT2D eigenvalue weighted by atomic mass is 9.98. The molecule has 0 unspecified atom stereocenters. The molecule has 0 saturated heterocycles. The Kier molecular flexibility index (Phi) is 6.08. The summed E-state index contributed by atoms with van der Waals surface area (Å²) in [4.78, 5) is 0. The topological polar surface area (TPSA) is 21.3 Å². The fraction of sp³-hybridized carbons (Fsp3) is 0.600. The quantitative estimate of drug-likeness (QED) is 0.800. The lowest BCUT2D eigenvalue weighted by Gasteiger charge is -2.22. The second kappa shape index (κ2) is 7.83. The number of ether oxygens (including phenoxy) is 1. The van der Waals surface area contributed by atoms with Gasteiger partial charge in [-0.3, -0.25) is 0 Å². The molecule has 1 aliphatic rings. The molecule has 19 heavy (non-hydrogen) atoms. The Labute approximate surface area is 119 Å². The summed E-state index contributed by atoms with van der Waals surface area (Å²) in [6.45, 7) is 1.84. The second-order valence-electron chi connectivity index (χ2n) is 5.01.